The first-order chi connectivity index (χ1) is 4.61. The van der Waals surface area contributed by atoms with E-state index in [4.69, 9.17) is 0 Å². The Balaban J connectivity index is 0.000001000. The molecule has 0 saturated heterocycles. The van der Waals surface area contributed by atoms with Gasteiger partial charge >= 0.3 is 0 Å². The minimum atomic E-state index is 0. The Morgan fingerprint density at radius 2 is 1.55 bits per heavy atom. The van der Waals surface area contributed by atoms with E-state index in [0.717, 1.165) is 0 Å². The third kappa shape index (κ3) is 3.10. The minimum Gasteiger partial charge on any atom is -0.265 e. The Labute approximate surface area is 80.4 Å². The predicted molar refractivity (Wildman–Crippen MR) is 48.7 cm³/mol. The van der Waals surface area contributed by atoms with Crippen LogP contribution in [0.25, 0.3) is 0 Å². The molecule has 0 spiro atoms. The third-order valence-electron chi connectivity index (χ3n) is 1.55. The first-order valence-electron chi connectivity index (χ1n) is 3.51. The van der Waals surface area contributed by atoms with E-state index in [1.54, 1.807) is 0 Å². The minimum absolute atomic E-state index is 0. The molecule has 55 valence electrons. The van der Waals surface area contributed by atoms with Crippen molar-refractivity contribution >= 4 is 18.9 Å². The summed E-state index contributed by atoms with van der Waals surface area (Å²) in [4.78, 5) is 3.96. The van der Waals surface area contributed by atoms with Crippen LogP contribution in [0.4, 0.5) is 0 Å². The molecule has 0 bridgehead atoms. The maximum absolute atomic E-state index is 3.96. The van der Waals surface area contributed by atoms with Crippen molar-refractivity contribution in [2.75, 3.05) is 0 Å². The van der Waals surface area contributed by atoms with Crippen LogP contribution >= 0.6 is 0 Å². The quantitative estimate of drug-likeness (QED) is 0.505. The molecule has 0 fully saturated rings. The summed E-state index contributed by atoms with van der Waals surface area (Å²) in [5.41, 5.74) is 1.59. The Morgan fingerprint density at radius 1 is 1.09 bits per heavy atom. The second kappa shape index (κ2) is 3.95. The van der Waals surface area contributed by atoms with E-state index in [1.807, 2.05) is 12.4 Å². The fraction of sp³-hybridized carbons (Fsp3) is 0.444. The smallest absolute Gasteiger partial charge is 0.0270 e. The van der Waals surface area contributed by atoms with Crippen molar-refractivity contribution < 1.29 is 0 Å². The van der Waals surface area contributed by atoms with Crippen LogP contribution in [0, 0.1) is 0 Å². The Kier molecular flexibility index (Phi) is 3.86. The molecule has 1 rings (SSSR count). The molecule has 0 aliphatic rings. The summed E-state index contributed by atoms with van der Waals surface area (Å²) in [7, 11) is 0. The fourth-order valence-electron chi connectivity index (χ4n) is 0.852. The van der Waals surface area contributed by atoms with Crippen molar-refractivity contribution in [1.29, 1.82) is 0 Å². The largest absolute Gasteiger partial charge is 0.265 e. The van der Waals surface area contributed by atoms with Crippen LogP contribution in [0.5, 0.6) is 0 Å². The number of nitrogens with zero attached hydrogens (tertiary/aromatic N) is 1. The molecule has 0 N–H and O–H groups in total. The second-order valence-electron chi connectivity index (χ2n) is 3.49. The first-order valence-corrected chi connectivity index (χ1v) is 3.51. The van der Waals surface area contributed by atoms with Gasteiger partial charge in [0.25, 0.3) is 0 Å². The SMILES string of the molecule is CC(C)(C)c1ccncc1.[Li]. The van der Waals surface area contributed by atoms with Crippen molar-refractivity contribution in [3.8, 4) is 0 Å². The molecule has 0 saturated carbocycles. The first kappa shape index (κ1) is 10.7. The average molecular weight is 142 g/mol. The summed E-state index contributed by atoms with van der Waals surface area (Å²) >= 11 is 0. The molecule has 1 radical (unpaired) electrons. The molecule has 0 aliphatic carbocycles. The van der Waals surface area contributed by atoms with Crippen LogP contribution in [-0.2, 0) is 5.41 Å². The normalized spacial score (nSPS) is 10.5. The number of hydrogen-bond donors (Lipinski definition) is 0. The van der Waals surface area contributed by atoms with E-state index >= 15 is 0 Å². The molecular formula is C9H13LiN. The van der Waals surface area contributed by atoms with Gasteiger partial charge in [-0.1, -0.05) is 20.8 Å². The molecule has 11 heavy (non-hydrogen) atoms. The van der Waals surface area contributed by atoms with Crippen LogP contribution in [0.3, 0.4) is 0 Å². The molecule has 0 atom stereocenters. The molecule has 0 unspecified atom stereocenters. The van der Waals surface area contributed by atoms with E-state index < -0.39 is 0 Å². The zero-order valence-electron chi connectivity index (χ0n) is 7.76. The van der Waals surface area contributed by atoms with Gasteiger partial charge in [-0.15, -0.1) is 0 Å². The van der Waals surface area contributed by atoms with Gasteiger partial charge in [0.15, 0.2) is 0 Å². The van der Waals surface area contributed by atoms with Gasteiger partial charge in [0.1, 0.15) is 0 Å². The average Bonchev–Trinajstić information content (AvgIpc) is 1.88. The van der Waals surface area contributed by atoms with E-state index in [2.05, 4.69) is 37.9 Å². The van der Waals surface area contributed by atoms with Crippen LogP contribution in [-0.4, -0.2) is 23.8 Å². The molecule has 1 aromatic heterocycles. The van der Waals surface area contributed by atoms with Gasteiger partial charge in [0.05, 0.1) is 0 Å². The number of rotatable bonds is 0. The third-order valence-corrected chi connectivity index (χ3v) is 1.55. The van der Waals surface area contributed by atoms with E-state index in [-0.39, 0.29) is 24.3 Å². The topological polar surface area (TPSA) is 12.9 Å². The van der Waals surface area contributed by atoms with E-state index in [9.17, 15) is 0 Å². The van der Waals surface area contributed by atoms with Crippen LogP contribution in [0.1, 0.15) is 26.3 Å². The van der Waals surface area contributed by atoms with Gasteiger partial charge < -0.3 is 0 Å². The zero-order valence-corrected chi connectivity index (χ0v) is 7.76. The maximum Gasteiger partial charge on any atom is 0.0270 e. The number of hydrogen-bond acceptors (Lipinski definition) is 1. The van der Waals surface area contributed by atoms with Gasteiger partial charge in [-0.05, 0) is 23.1 Å². The maximum atomic E-state index is 3.96. The zero-order chi connectivity index (χ0) is 7.61. The van der Waals surface area contributed by atoms with Gasteiger partial charge in [-0.3, -0.25) is 4.98 Å². The van der Waals surface area contributed by atoms with Crippen LogP contribution in [0.15, 0.2) is 24.5 Å². The Morgan fingerprint density at radius 3 is 1.82 bits per heavy atom. The molecule has 1 aromatic rings. The Bertz CT molecular complexity index is 201. The van der Waals surface area contributed by atoms with Crippen molar-refractivity contribution in [1.82, 2.24) is 4.98 Å². The number of pyridine rings is 1. The summed E-state index contributed by atoms with van der Waals surface area (Å²) in [5.74, 6) is 0. The summed E-state index contributed by atoms with van der Waals surface area (Å²) in [6, 6.07) is 4.11. The summed E-state index contributed by atoms with van der Waals surface area (Å²) in [6.07, 6.45) is 3.67. The molecule has 0 amide bonds. The number of aromatic nitrogens is 1. The van der Waals surface area contributed by atoms with Crippen molar-refractivity contribution in [3.63, 3.8) is 0 Å². The van der Waals surface area contributed by atoms with Crippen LogP contribution in [0.2, 0.25) is 0 Å². The van der Waals surface area contributed by atoms with Crippen molar-refractivity contribution in [3.05, 3.63) is 30.1 Å². The van der Waals surface area contributed by atoms with E-state index in [0.29, 0.717) is 0 Å². The molecule has 0 aromatic carbocycles. The molecule has 2 heteroatoms. The molecule has 0 aliphatic heterocycles. The monoisotopic (exact) mass is 142 g/mol. The van der Waals surface area contributed by atoms with Crippen molar-refractivity contribution in [2.45, 2.75) is 26.2 Å². The predicted octanol–water partition coefficient (Wildman–Crippen LogP) is 2.00. The summed E-state index contributed by atoms with van der Waals surface area (Å²) < 4.78 is 0. The Hall–Kier alpha value is -0.253. The van der Waals surface area contributed by atoms with Gasteiger partial charge in [-0.2, -0.15) is 0 Å². The fourth-order valence-corrected chi connectivity index (χ4v) is 0.852. The summed E-state index contributed by atoms with van der Waals surface area (Å²) in [5, 5.41) is 0. The standard InChI is InChI=1S/C9H13N.Li/c1-9(2,3)8-4-6-10-7-5-8;/h4-7H,1-3H3;. The van der Waals surface area contributed by atoms with Gasteiger partial charge in [0.2, 0.25) is 0 Å². The van der Waals surface area contributed by atoms with Gasteiger partial charge in [0, 0.05) is 31.3 Å². The van der Waals surface area contributed by atoms with Crippen molar-refractivity contribution in [2.24, 2.45) is 0 Å². The molecule has 1 nitrogen and oxygen atoms in total. The molecule has 1 heterocycles. The van der Waals surface area contributed by atoms with Crippen LogP contribution < -0.4 is 0 Å². The van der Waals surface area contributed by atoms with E-state index in [1.165, 1.54) is 5.56 Å². The summed E-state index contributed by atoms with van der Waals surface area (Å²) in [6.45, 7) is 6.59. The molecular weight excluding hydrogens is 129 g/mol. The second-order valence-corrected chi connectivity index (χ2v) is 3.49. The van der Waals surface area contributed by atoms with Gasteiger partial charge in [-0.25, -0.2) is 0 Å².